The largest absolute Gasteiger partial charge is 0.375 e. The summed E-state index contributed by atoms with van der Waals surface area (Å²) in [5.41, 5.74) is 1.00. The summed E-state index contributed by atoms with van der Waals surface area (Å²) in [6.45, 7) is 5.27. The Bertz CT molecular complexity index is 577. The number of nitrogens with zero attached hydrogens (tertiary/aromatic N) is 2. The van der Waals surface area contributed by atoms with Gasteiger partial charge in [0.25, 0.3) is 5.91 Å². The van der Waals surface area contributed by atoms with Gasteiger partial charge >= 0.3 is 0 Å². The molecular formula is C19H27FN2O2. The highest BCUT2D eigenvalue weighted by Crippen LogP contribution is 2.22. The number of carbonyl (C=O) groups is 1. The minimum absolute atomic E-state index is 0.0772. The maximum Gasteiger partial charge on any atom is 0.253 e. The second-order valence-electron chi connectivity index (χ2n) is 7.09. The number of hydrogen-bond donors (Lipinski definition) is 0. The third-order valence-electron chi connectivity index (χ3n) is 5.20. The lowest BCUT2D eigenvalue weighted by molar-refractivity contribution is -0.0599. The third kappa shape index (κ3) is 4.14. The van der Waals surface area contributed by atoms with Crippen LogP contribution in [0, 0.1) is 12.7 Å². The van der Waals surface area contributed by atoms with E-state index in [-0.39, 0.29) is 17.8 Å². The van der Waals surface area contributed by atoms with Crippen molar-refractivity contribution in [3.05, 3.63) is 35.1 Å². The number of rotatable bonds is 3. The molecule has 0 bridgehead atoms. The molecule has 2 fully saturated rings. The molecule has 0 spiro atoms. The summed E-state index contributed by atoms with van der Waals surface area (Å²) in [5.74, 6) is -0.395. The van der Waals surface area contributed by atoms with Crippen LogP contribution in [-0.2, 0) is 4.74 Å². The molecule has 0 atom stereocenters. The van der Waals surface area contributed by atoms with E-state index >= 15 is 0 Å². The predicted octanol–water partition coefficient (Wildman–Crippen LogP) is 2.85. The second kappa shape index (κ2) is 7.62. The van der Waals surface area contributed by atoms with Crippen molar-refractivity contribution in [3.8, 4) is 0 Å². The highest BCUT2D eigenvalue weighted by atomic mass is 19.1. The van der Waals surface area contributed by atoms with Gasteiger partial charge in [-0.3, -0.25) is 4.79 Å². The summed E-state index contributed by atoms with van der Waals surface area (Å²) < 4.78 is 19.9. The molecular weight excluding hydrogens is 307 g/mol. The molecule has 0 saturated carbocycles. The quantitative estimate of drug-likeness (QED) is 0.852. The van der Waals surface area contributed by atoms with Crippen molar-refractivity contribution in [2.75, 3.05) is 33.2 Å². The first kappa shape index (κ1) is 17.4. The van der Waals surface area contributed by atoms with Gasteiger partial charge in [0.15, 0.2) is 0 Å². The lowest BCUT2D eigenvalue weighted by Crippen LogP contribution is -2.43. The fourth-order valence-electron chi connectivity index (χ4n) is 3.50. The molecule has 1 aromatic rings. The highest BCUT2D eigenvalue weighted by molar-refractivity contribution is 5.94. The Balaban J connectivity index is 1.49. The van der Waals surface area contributed by atoms with Crippen molar-refractivity contribution < 1.29 is 13.9 Å². The molecule has 0 unspecified atom stereocenters. The summed E-state index contributed by atoms with van der Waals surface area (Å²) in [7, 11) is 2.15. The van der Waals surface area contributed by atoms with Crippen LogP contribution in [0.5, 0.6) is 0 Å². The average molecular weight is 334 g/mol. The number of amides is 1. The van der Waals surface area contributed by atoms with Crippen molar-refractivity contribution >= 4 is 5.91 Å². The van der Waals surface area contributed by atoms with Gasteiger partial charge in [-0.05, 0) is 57.4 Å². The zero-order valence-corrected chi connectivity index (χ0v) is 14.6. The number of ether oxygens (including phenoxy) is 1. The number of carbonyl (C=O) groups excluding carboxylic acids is 1. The molecule has 2 aliphatic rings. The molecule has 132 valence electrons. The van der Waals surface area contributed by atoms with Crippen LogP contribution in [0.1, 0.15) is 41.6 Å². The molecule has 1 amide bonds. The molecule has 24 heavy (non-hydrogen) atoms. The van der Waals surface area contributed by atoms with E-state index in [1.54, 1.807) is 19.1 Å². The Morgan fingerprint density at radius 1 is 1.08 bits per heavy atom. The Morgan fingerprint density at radius 3 is 2.25 bits per heavy atom. The van der Waals surface area contributed by atoms with E-state index in [2.05, 4.69) is 11.9 Å². The van der Waals surface area contributed by atoms with E-state index in [9.17, 15) is 9.18 Å². The average Bonchev–Trinajstić information content (AvgIpc) is 2.59. The summed E-state index contributed by atoms with van der Waals surface area (Å²) in [6, 6.07) is 4.72. The Kier molecular flexibility index (Phi) is 5.51. The minimum atomic E-state index is -0.318. The van der Waals surface area contributed by atoms with Gasteiger partial charge in [-0.25, -0.2) is 4.39 Å². The van der Waals surface area contributed by atoms with Gasteiger partial charge in [-0.2, -0.15) is 0 Å². The summed E-state index contributed by atoms with van der Waals surface area (Å²) in [4.78, 5) is 16.7. The van der Waals surface area contributed by atoms with E-state index in [4.69, 9.17) is 4.74 Å². The van der Waals surface area contributed by atoms with Crippen LogP contribution < -0.4 is 0 Å². The molecule has 5 heteroatoms. The van der Waals surface area contributed by atoms with Gasteiger partial charge in [0.1, 0.15) is 5.82 Å². The normalized spacial score (nSPS) is 21.2. The standard InChI is InChI=1S/C19H27FN2O2/c1-14-3-4-15(13-18(14)20)19(23)22-11-7-17(8-12-22)24-16-5-9-21(2)10-6-16/h3-4,13,16-17H,5-12H2,1-2H3. The molecule has 2 heterocycles. The number of piperidine rings is 2. The number of halogens is 1. The van der Waals surface area contributed by atoms with Crippen LogP contribution in [0.2, 0.25) is 0 Å². The van der Waals surface area contributed by atoms with Gasteiger partial charge in [-0.1, -0.05) is 6.07 Å². The fraction of sp³-hybridized carbons (Fsp3) is 0.632. The zero-order chi connectivity index (χ0) is 17.1. The van der Waals surface area contributed by atoms with Crippen LogP contribution in [0.3, 0.4) is 0 Å². The Hall–Kier alpha value is -1.46. The van der Waals surface area contributed by atoms with E-state index in [0.717, 1.165) is 38.8 Å². The molecule has 0 radical (unpaired) electrons. The summed E-state index contributed by atoms with van der Waals surface area (Å²) >= 11 is 0. The lowest BCUT2D eigenvalue weighted by Gasteiger charge is -2.36. The van der Waals surface area contributed by atoms with Crippen LogP contribution in [0.25, 0.3) is 0 Å². The van der Waals surface area contributed by atoms with Crippen LogP contribution in [0.15, 0.2) is 18.2 Å². The topological polar surface area (TPSA) is 32.8 Å². The molecule has 2 aliphatic heterocycles. The van der Waals surface area contributed by atoms with Gasteiger partial charge in [0.2, 0.25) is 0 Å². The van der Waals surface area contributed by atoms with Crippen LogP contribution in [-0.4, -0.2) is 61.1 Å². The first-order valence-corrected chi connectivity index (χ1v) is 8.92. The third-order valence-corrected chi connectivity index (χ3v) is 5.20. The molecule has 0 aromatic heterocycles. The van der Waals surface area contributed by atoms with Gasteiger partial charge in [0, 0.05) is 31.7 Å². The summed E-state index contributed by atoms with van der Waals surface area (Å²) in [6.07, 6.45) is 4.53. The number of likely N-dealkylation sites (tertiary alicyclic amines) is 2. The van der Waals surface area contributed by atoms with Crippen LogP contribution >= 0.6 is 0 Å². The maximum absolute atomic E-state index is 13.7. The molecule has 0 aliphatic carbocycles. The van der Waals surface area contributed by atoms with Gasteiger partial charge < -0.3 is 14.5 Å². The van der Waals surface area contributed by atoms with Gasteiger partial charge in [-0.15, -0.1) is 0 Å². The van der Waals surface area contributed by atoms with Crippen molar-refractivity contribution in [2.24, 2.45) is 0 Å². The van der Waals surface area contributed by atoms with E-state index < -0.39 is 0 Å². The van der Waals surface area contributed by atoms with Crippen molar-refractivity contribution in [2.45, 2.75) is 44.8 Å². The van der Waals surface area contributed by atoms with Gasteiger partial charge in [0.05, 0.1) is 12.2 Å². The monoisotopic (exact) mass is 334 g/mol. The minimum Gasteiger partial charge on any atom is -0.375 e. The SMILES string of the molecule is Cc1ccc(C(=O)N2CCC(OC3CCN(C)CC3)CC2)cc1F. The van der Waals surface area contributed by atoms with Crippen molar-refractivity contribution in [1.29, 1.82) is 0 Å². The van der Waals surface area contributed by atoms with Crippen molar-refractivity contribution in [3.63, 3.8) is 0 Å². The number of benzene rings is 1. The van der Waals surface area contributed by atoms with E-state index in [1.807, 2.05) is 4.90 Å². The maximum atomic E-state index is 13.7. The first-order chi connectivity index (χ1) is 11.5. The van der Waals surface area contributed by atoms with E-state index in [1.165, 1.54) is 6.07 Å². The van der Waals surface area contributed by atoms with Crippen LogP contribution in [0.4, 0.5) is 4.39 Å². The number of hydrogen-bond acceptors (Lipinski definition) is 3. The fourth-order valence-corrected chi connectivity index (χ4v) is 3.50. The summed E-state index contributed by atoms with van der Waals surface area (Å²) in [5, 5.41) is 0. The lowest BCUT2D eigenvalue weighted by atomic mass is 10.0. The molecule has 3 rings (SSSR count). The first-order valence-electron chi connectivity index (χ1n) is 8.92. The molecule has 0 N–H and O–H groups in total. The molecule has 4 nitrogen and oxygen atoms in total. The molecule has 2 saturated heterocycles. The Morgan fingerprint density at radius 2 is 1.67 bits per heavy atom. The second-order valence-corrected chi connectivity index (χ2v) is 7.09. The van der Waals surface area contributed by atoms with Crippen molar-refractivity contribution in [1.82, 2.24) is 9.80 Å². The smallest absolute Gasteiger partial charge is 0.253 e. The number of aryl methyl sites for hydroxylation is 1. The zero-order valence-electron chi connectivity index (χ0n) is 14.6. The highest BCUT2D eigenvalue weighted by Gasteiger charge is 2.27. The molecule has 1 aromatic carbocycles. The predicted molar refractivity (Wildman–Crippen MR) is 91.7 cm³/mol. The van der Waals surface area contributed by atoms with E-state index in [0.29, 0.717) is 30.3 Å². The Labute approximate surface area is 143 Å².